The first-order valence-corrected chi connectivity index (χ1v) is 22.4. The number of rotatable bonds is 5. The largest absolute Gasteiger partial charge is 0.488 e. The highest BCUT2D eigenvalue weighted by Gasteiger charge is 2.34. The number of benzene rings is 4. The molecule has 8 rings (SSSR count). The minimum Gasteiger partial charge on any atom is -0.488 e. The fraction of sp³-hybridized carbons (Fsp3) is 0.368. The summed E-state index contributed by atoms with van der Waals surface area (Å²) in [5.74, 6) is 1.20. The molecule has 0 aromatic heterocycles. The van der Waals surface area contributed by atoms with Crippen LogP contribution in [0.1, 0.15) is 11.1 Å². The zero-order chi connectivity index (χ0) is 39.2. The molecule has 0 radical (unpaired) electrons. The van der Waals surface area contributed by atoms with Gasteiger partial charge in [0.15, 0.2) is 11.5 Å². The van der Waals surface area contributed by atoms with E-state index in [-0.39, 0.29) is 22.9 Å². The summed E-state index contributed by atoms with van der Waals surface area (Å²) < 4.78 is 67.5. The number of ether oxygens (including phenoxy) is 2. The average molecular weight is 897 g/mol. The Balaban J connectivity index is 0.000000165. The van der Waals surface area contributed by atoms with Crippen LogP contribution in [-0.4, -0.2) is 95.5 Å². The number of aryl methyl sites for hydroxylation is 2. The number of fused-ring (bicyclic) bond motifs is 2. The lowest BCUT2D eigenvalue weighted by molar-refractivity contribution is 0.313. The van der Waals surface area contributed by atoms with Crippen molar-refractivity contribution in [3.8, 4) is 11.5 Å². The number of nitrogens with one attached hydrogen (secondary N) is 3. The van der Waals surface area contributed by atoms with Gasteiger partial charge in [-0.15, -0.1) is 0 Å². The van der Waals surface area contributed by atoms with E-state index < -0.39 is 20.0 Å². The van der Waals surface area contributed by atoms with E-state index >= 15 is 0 Å². The quantitative estimate of drug-likeness (QED) is 0.225. The van der Waals surface area contributed by atoms with Crippen molar-refractivity contribution in [2.24, 2.45) is 0 Å². The average Bonchev–Trinajstić information content (AvgIpc) is 3.19. The van der Waals surface area contributed by atoms with Crippen molar-refractivity contribution in [2.45, 2.75) is 23.6 Å². The van der Waals surface area contributed by atoms with Gasteiger partial charge >= 0.3 is 0 Å². The second kappa shape index (κ2) is 18.3. The molecule has 2 fully saturated rings. The number of piperazine rings is 2. The highest BCUT2D eigenvalue weighted by atomic mass is 79.9. The Morgan fingerprint density at radius 1 is 0.564 bits per heavy atom. The number of halogens is 3. The minimum absolute atomic E-state index is 0.211. The van der Waals surface area contributed by atoms with Crippen molar-refractivity contribution in [2.75, 3.05) is 92.2 Å². The second-order valence-corrected chi connectivity index (χ2v) is 18.7. The van der Waals surface area contributed by atoms with Crippen LogP contribution in [-0.2, 0) is 20.0 Å². The summed E-state index contributed by atoms with van der Waals surface area (Å²) in [4.78, 5) is 2.69. The predicted molar refractivity (Wildman–Crippen MR) is 224 cm³/mol. The molecule has 4 aromatic carbocycles. The molecule has 4 aliphatic rings. The van der Waals surface area contributed by atoms with Crippen LogP contribution in [0.2, 0.25) is 10.0 Å². The Hall–Kier alpha value is -3.28. The molecule has 0 bridgehead atoms. The summed E-state index contributed by atoms with van der Waals surface area (Å²) in [6.07, 6.45) is 0. The van der Waals surface area contributed by atoms with Crippen LogP contribution in [0.15, 0.2) is 87.1 Å². The van der Waals surface area contributed by atoms with Gasteiger partial charge in [0.1, 0.15) is 13.2 Å². The van der Waals surface area contributed by atoms with Crippen molar-refractivity contribution in [3.05, 3.63) is 98.4 Å². The summed E-state index contributed by atoms with van der Waals surface area (Å²) in [5.41, 5.74) is 4.07. The molecule has 296 valence electrons. The summed E-state index contributed by atoms with van der Waals surface area (Å²) in [5, 5.41) is 10.8. The van der Waals surface area contributed by atoms with Gasteiger partial charge in [-0.3, -0.25) is 8.61 Å². The molecule has 0 spiro atoms. The standard InChI is InChI=1S/C19H22ClN3O3S.C15H13BrClNO3S.C4H10N2/c1-14-12-17(22-8-6-21-7-9-22)19-18(13-14)23(10-11-26-19)27(24,25)16-4-2-15(20)3-5-16;1-10-8-13(16)15-14(9-10)18(6-7-21-15)22(19,20)12-4-2-11(17)3-5-12;1-2-6-4-3-5-1/h2-5,12-13,21H,6-11H2,1H3;2-5,8-9H,6-7H2,1H3;5-6H,1-4H2. The molecule has 12 nitrogen and oxygen atoms in total. The third kappa shape index (κ3) is 9.82. The first-order valence-electron chi connectivity index (χ1n) is 18.0. The summed E-state index contributed by atoms with van der Waals surface area (Å²) in [7, 11) is -7.34. The van der Waals surface area contributed by atoms with Gasteiger partial charge in [0.2, 0.25) is 0 Å². The zero-order valence-corrected chi connectivity index (χ0v) is 35.4. The molecular formula is C38H45BrCl2N6O6S2. The number of hydrogen-bond donors (Lipinski definition) is 3. The second-order valence-electron chi connectivity index (χ2n) is 13.2. The molecule has 0 aliphatic carbocycles. The Morgan fingerprint density at radius 3 is 1.44 bits per heavy atom. The van der Waals surface area contributed by atoms with E-state index in [1.807, 2.05) is 32.0 Å². The molecular weight excluding hydrogens is 851 g/mol. The van der Waals surface area contributed by atoms with Crippen molar-refractivity contribution < 1.29 is 26.3 Å². The summed E-state index contributed by atoms with van der Waals surface area (Å²) in [6, 6.07) is 20.1. The number of nitrogens with zero attached hydrogens (tertiary/aromatic N) is 3. The summed E-state index contributed by atoms with van der Waals surface area (Å²) >= 11 is 15.2. The van der Waals surface area contributed by atoms with Crippen molar-refractivity contribution in [1.29, 1.82) is 0 Å². The van der Waals surface area contributed by atoms with E-state index in [2.05, 4.69) is 42.8 Å². The van der Waals surface area contributed by atoms with Crippen molar-refractivity contribution in [3.63, 3.8) is 0 Å². The zero-order valence-electron chi connectivity index (χ0n) is 30.7. The molecule has 4 aromatic rings. The molecule has 17 heteroatoms. The Labute approximate surface area is 342 Å². The highest BCUT2D eigenvalue weighted by molar-refractivity contribution is 9.10. The topological polar surface area (TPSA) is 133 Å². The lowest BCUT2D eigenvalue weighted by atomic mass is 10.1. The molecule has 4 heterocycles. The van der Waals surface area contributed by atoms with Gasteiger partial charge in [-0.05, 0) is 114 Å². The fourth-order valence-electron chi connectivity index (χ4n) is 6.52. The molecule has 3 N–H and O–H groups in total. The molecule has 0 atom stereocenters. The first kappa shape index (κ1) is 41.4. The van der Waals surface area contributed by atoms with Crippen molar-refractivity contribution >= 4 is 76.2 Å². The maximum Gasteiger partial charge on any atom is 0.264 e. The number of hydrogen-bond acceptors (Lipinski definition) is 10. The summed E-state index contributed by atoms with van der Waals surface area (Å²) in [6.45, 7) is 13.2. The van der Waals surface area contributed by atoms with Gasteiger partial charge < -0.3 is 30.3 Å². The molecule has 0 saturated carbocycles. The van der Waals surface area contributed by atoms with Gasteiger partial charge in [-0.25, -0.2) is 16.8 Å². The van der Waals surface area contributed by atoms with Crippen LogP contribution in [0.25, 0.3) is 0 Å². The van der Waals surface area contributed by atoms with E-state index in [9.17, 15) is 16.8 Å². The first-order chi connectivity index (χ1) is 26.4. The highest BCUT2D eigenvalue weighted by Crippen LogP contribution is 2.44. The van der Waals surface area contributed by atoms with Crippen molar-refractivity contribution in [1.82, 2.24) is 16.0 Å². The van der Waals surface area contributed by atoms with E-state index in [0.717, 1.165) is 73.6 Å². The van der Waals surface area contributed by atoms with Crippen LogP contribution < -0.4 is 38.9 Å². The molecule has 2 saturated heterocycles. The van der Waals surface area contributed by atoms with Crippen LogP contribution in [0, 0.1) is 13.8 Å². The van der Waals surface area contributed by atoms with E-state index in [1.165, 1.54) is 20.7 Å². The molecule has 0 unspecified atom stereocenters. The van der Waals surface area contributed by atoms with Crippen LogP contribution in [0.4, 0.5) is 17.1 Å². The minimum atomic E-state index is -3.69. The van der Waals surface area contributed by atoms with Crippen LogP contribution in [0.5, 0.6) is 11.5 Å². The molecule has 0 amide bonds. The van der Waals surface area contributed by atoms with E-state index in [4.69, 9.17) is 32.7 Å². The lowest BCUT2D eigenvalue weighted by Gasteiger charge is -2.36. The number of anilines is 3. The van der Waals surface area contributed by atoms with Gasteiger partial charge in [0, 0.05) is 62.4 Å². The van der Waals surface area contributed by atoms with E-state index in [1.54, 1.807) is 36.4 Å². The van der Waals surface area contributed by atoms with Gasteiger partial charge in [-0.1, -0.05) is 23.2 Å². The molecule has 4 aliphatic heterocycles. The number of sulfonamides is 2. The third-order valence-electron chi connectivity index (χ3n) is 9.20. The van der Waals surface area contributed by atoms with Gasteiger partial charge in [-0.2, -0.15) is 0 Å². The van der Waals surface area contributed by atoms with E-state index in [0.29, 0.717) is 46.1 Å². The maximum absolute atomic E-state index is 13.3. The van der Waals surface area contributed by atoms with Gasteiger partial charge in [0.05, 0.1) is 44.4 Å². The molecule has 55 heavy (non-hydrogen) atoms. The monoisotopic (exact) mass is 894 g/mol. The third-order valence-corrected chi connectivity index (χ3v) is 13.9. The van der Waals surface area contributed by atoms with Crippen LogP contribution >= 0.6 is 39.1 Å². The maximum atomic E-state index is 13.3. The lowest BCUT2D eigenvalue weighted by Crippen LogP contribution is -2.44. The predicted octanol–water partition coefficient (Wildman–Crippen LogP) is 5.82. The SMILES string of the molecule is C1CNCCN1.Cc1cc(Br)c2c(c1)N(S(=O)(=O)c1ccc(Cl)cc1)CCO2.Cc1cc(N2CCNCC2)c2c(c1)N(S(=O)(=O)c1ccc(Cl)cc1)CCO2. The Kier molecular flexibility index (Phi) is 13.8. The van der Waals surface area contributed by atoms with Crippen LogP contribution in [0.3, 0.4) is 0 Å². The fourth-order valence-corrected chi connectivity index (χ4v) is 10.3. The smallest absolute Gasteiger partial charge is 0.264 e. The normalized spacial score (nSPS) is 16.9. The Bertz CT molecular complexity index is 2160. The Morgan fingerprint density at radius 2 is 0.964 bits per heavy atom. The van der Waals surface area contributed by atoms with Gasteiger partial charge in [0.25, 0.3) is 20.0 Å².